The molecule has 1 aliphatic heterocycles. The molecule has 144 valence electrons. The number of fused-ring (bicyclic) bond motifs is 1. The van der Waals surface area contributed by atoms with E-state index in [9.17, 15) is 8.78 Å². The molecule has 3 heterocycles. The summed E-state index contributed by atoms with van der Waals surface area (Å²) in [6.45, 7) is 0.734. The van der Waals surface area contributed by atoms with E-state index in [1.807, 2.05) is 39.8 Å². The van der Waals surface area contributed by atoms with Crippen LogP contribution >= 0.6 is 24.0 Å². The van der Waals surface area contributed by atoms with Crippen LogP contribution in [0.25, 0.3) is 11.0 Å². The zero-order valence-corrected chi connectivity index (χ0v) is 15.9. The number of halogens is 4. The minimum Gasteiger partial charge on any atom is -0.340 e. The molecule has 1 fully saturated rings. The first-order chi connectivity index (χ1) is 12.4. The Bertz CT molecular complexity index is 929. The second-order valence-corrected chi connectivity index (χ2v) is 6.95. The average molecular weight is 414 g/mol. The molecule has 1 aromatic carbocycles. The van der Waals surface area contributed by atoms with E-state index in [-0.39, 0.29) is 31.9 Å². The number of hydrogen-bond acceptors (Lipinski definition) is 4. The number of rotatable bonds is 3. The summed E-state index contributed by atoms with van der Waals surface area (Å²) in [5.74, 6) is -2.21. The quantitative estimate of drug-likeness (QED) is 0.710. The highest BCUT2D eigenvalue weighted by molar-refractivity contribution is 6.30. The van der Waals surface area contributed by atoms with Crippen LogP contribution in [-0.4, -0.2) is 39.6 Å². The van der Waals surface area contributed by atoms with Gasteiger partial charge in [0, 0.05) is 25.7 Å². The highest BCUT2D eigenvalue weighted by Gasteiger charge is 2.42. The molecule has 5 nitrogen and oxygen atoms in total. The van der Waals surface area contributed by atoms with Gasteiger partial charge in [-0.25, -0.2) is 13.8 Å². The van der Waals surface area contributed by atoms with E-state index in [4.69, 9.17) is 17.3 Å². The van der Waals surface area contributed by atoms with Crippen molar-refractivity contribution < 1.29 is 8.78 Å². The van der Waals surface area contributed by atoms with Crippen molar-refractivity contribution in [2.24, 2.45) is 5.73 Å². The van der Waals surface area contributed by atoms with Gasteiger partial charge in [0.05, 0.1) is 34.3 Å². The lowest BCUT2D eigenvalue weighted by atomic mass is 10.0. The van der Waals surface area contributed by atoms with Gasteiger partial charge in [0.2, 0.25) is 5.95 Å². The van der Waals surface area contributed by atoms with Crippen molar-refractivity contribution in [3.63, 3.8) is 0 Å². The number of benzene rings is 1. The van der Waals surface area contributed by atoms with E-state index < -0.39 is 12.0 Å². The smallest absolute Gasteiger partial charge is 0.266 e. The fraction of sp³-hybridized carbons (Fsp3) is 0.333. The second-order valence-electron chi connectivity index (χ2n) is 6.52. The van der Waals surface area contributed by atoms with E-state index in [0.717, 1.165) is 16.7 Å². The number of alkyl halides is 2. The minimum absolute atomic E-state index is 0. The SMILES string of the molecule is Cl.NC1CN(c2nc3ccccc3n2Cc2ccc(Cl)cn2)CCC1(F)F. The first-order valence-corrected chi connectivity index (χ1v) is 8.76. The third kappa shape index (κ3) is 3.85. The summed E-state index contributed by atoms with van der Waals surface area (Å²) in [5.41, 5.74) is 8.24. The summed E-state index contributed by atoms with van der Waals surface area (Å²) < 4.78 is 29.5. The molecule has 2 N–H and O–H groups in total. The maximum atomic E-state index is 13.8. The number of nitrogens with two attached hydrogens (primary N) is 1. The number of hydrogen-bond donors (Lipinski definition) is 1. The van der Waals surface area contributed by atoms with E-state index >= 15 is 0 Å². The molecular weight excluding hydrogens is 395 g/mol. The van der Waals surface area contributed by atoms with Crippen LogP contribution in [0.2, 0.25) is 5.02 Å². The Kier molecular flexibility index (Phi) is 5.55. The van der Waals surface area contributed by atoms with Crippen LogP contribution in [0.1, 0.15) is 12.1 Å². The van der Waals surface area contributed by atoms with Gasteiger partial charge in [-0.2, -0.15) is 0 Å². The van der Waals surface area contributed by atoms with Crippen LogP contribution in [-0.2, 0) is 6.54 Å². The Labute approximate surface area is 166 Å². The summed E-state index contributed by atoms with van der Waals surface area (Å²) in [4.78, 5) is 10.8. The molecule has 1 unspecified atom stereocenters. The average Bonchev–Trinajstić information content (AvgIpc) is 2.98. The molecule has 1 saturated heterocycles. The van der Waals surface area contributed by atoms with Gasteiger partial charge >= 0.3 is 0 Å². The number of nitrogens with zero attached hydrogens (tertiary/aromatic N) is 4. The van der Waals surface area contributed by atoms with Crippen LogP contribution in [0.4, 0.5) is 14.7 Å². The molecule has 0 saturated carbocycles. The first kappa shape index (κ1) is 19.8. The summed E-state index contributed by atoms with van der Waals surface area (Å²) >= 11 is 5.91. The first-order valence-electron chi connectivity index (χ1n) is 8.38. The topological polar surface area (TPSA) is 60.0 Å². The van der Waals surface area contributed by atoms with Gasteiger partial charge in [-0.15, -0.1) is 12.4 Å². The van der Waals surface area contributed by atoms with Crippen molar-refractivity contribution in [2.75, 3.05) is 18.0 Å². The molecule has 4 rings (SSSR count). The lowest BCUT2D eigenvalue weighted by Gasteiger charge is -2.37. The van der Waals surface area contributed by atoms with E-state index in [1.165, 1.54) is 0 Å². The Balaban J connectivity index is 0.00000210. The van der Waals surface area contributed by atoms with E-state index in [0.29, 0.717) is 17.5 Å². The number of para-hydroxylation sites is 2. The van der Waals surface area contributed by atoms with Crippen LogP contribution < -0.4 is 10.6 Å². The minimum atomic E-state index is -2.84. The van der Waals surface area contributed by atoms with Crippen LogP contribution in [0.3, 0.4) is 0 Å². The van der Waals surface area contributed by atoms with Crippen molar-refractivity contribution in [3.05, 3.63) is 53.3 Å². The lowest BCUT2D eigenvalue weighted by Crippen LogP contribution is -2.55. The van der Waals surface area contributed by atoms with E-state index in [1.54, 1.807) is 12.3 Å². The van der Waals surface area contributed by atoms with Gasteiger partial charge in [0.1, 0.15) is 0 Å². The fourth-order valence-electron chi connectivity index (χ4n) is 3.24. The van der Waals surface area contributed by atoms with Gasteiger partial charge in [-0.1, -0.05) is 23.7 Å². The van der Waals surface area contributed by atoms with Crippen molar-refractivity contribution in [1.82, 2.24) is 14.5 Å². The Morgan fingerprint density at radius 2 is 2.00 bits per heavy atom. The number of imidazole rings is 1. The number of anilines is 1. The third-order valence-electron chi connectivity index (χ3n) is 4.70. The predicted molar refractivity (Wildman–Crippen MR) is 105 cm³/mol. The molecule has 27 heavy (non-hydrogen) atoms. The molecule has 0 radical (unpaired) electrons. The summed E-state index contributed by atoms with van der Waals surface area (Å²) in [6, 6.07) is 10.1. The zero-order valence-electron chi connectivity index (χ0n) is 14.4. The maximum absolute atomic E-state index is 13.8. The van der Waals surface area contributed by atoms with Crippen molar-refractivity contribution >= 4 is 41.0 Å². The van der Waals surface area contributed by atoms with Crippen molar-refractivity contribution in [1.29, 1.82) is 0 Å². The number of pyridine rings is 1. The normalized spacial score (nSPS) is 19.1. The molecule has 0 bridgehead atoms. The Hall–Kier alpha value is -1.96. The monoisotopic (exact) mass is 413 g/mol. The molecule has 9 heteroatoms. The Morgan fingerprint density at radius 3 is 2.70 bits per heavy atom. The highest BCUT2D eigenvalue weighted by atomic mass is 35.5. The summed E-state index contributed by atoms with van der Waals surface area (Å²) in [7, 11) is 0. The second kappa shape index (κ2) is 7.58. The largest absolute Gasteiger partial charge is 0.340 e. The van der Waals surface area contributed by atoms with E-state index in [2.05, 4.69) is 9.97 Å². The third-order valence-corrected chi connectivity index (χ3v) is 4.92. The Morgan fingerprint density at radius 1 is 1.22 bits per heavy atom. The molecule has 2 aromatic heterocycles. The highest BCUT2D eigenvalue weighted by Crippen LogP contribution is 2.31. The molecule has 0 spiro atoms. The molecule has 0 aliphatic carbocycles. The van der Waals surface area contributed by atoms with Gasteiger partial charge in [-0.3, -0.25) is 4.98 Å². The number of piperidine rings is 1. The van der Waals surface area contributed by atoms with Crippen LogP contribution in [0.5, 0.6) is 0 Å². The molecule has 1 aliphatic rings. The number of aromatic nitrogens is 3. The molecular formula is C18H19Cl2F2N5. The fourth-order valence-corrected chi connectivity index (χ4v) is 3.35. The van der Waals surface area contributed by atoms with Gasteiger partial charge in [0.15, 0.2) is 0 Å². The summed E-state index contributed by atoms with van der Waals surface area (Å²) in [6.07, 6.45) is 1.31. The van der Waals surface area contributed by atoms with Crippen molar-refractivity contribution in [3.8, 4) is 0 Å². The molecule has 1 atom stereocenters. The predicted octanol–water partition coefficient (Wildman–Crippen LogP) is 3.73. The van der Waals surface area contributed by atoms with Crippen LogP contribution in [0.15, 0.2) is 42.6 Å². The van der Waals surface area contributed by atoms with Crippen LogP contribution in [0, 0.1) is 0 Å². The molecule has 3 aromatic rings. The van der Waals surface area contributed by atoms with Crippen molar-refractivity contribution in [2.45, 2.75) is 24.9 Å². The maximum Gasteiger partial charge on any atom is 0.266 e. The molecule has 0 amide bonds. The van der Waals surface area contributed by atoms with Gasteiger partial charge < -0.3 is 15.2 Å². The standard InChI is InChI=1S/C18H18ClF2N5.ClH/c19-12-5-6-13(23-9-12)10-26-15-4-2-1-3-14(15)24-17(26)25-8-7-18(20,21)16(22)11-25;/h1-6,9,16H,7-8,10-11,22H2;1H. The zero-order chi connectivity index (χ0) is 18.3. The van der Waals surface area contributed by atoms with Gasteiger partial charge in [-0.05, 0) is 24.3 Å². The summed E-state index contributed by atoms with van der Waals surface area (Å²) in [5, 5.41) is 0.564. The van der Waals surface area contributed by atoms with Gasteiger partial charge in [0.25, 0.3) is 5.92 Å². The lowest BCUT2D eigenvalue weighted by molar-refractivity contribution is -0.0395.